The van der Waals surface area contributed by atoms with E-state index >= 15 is 0 Å². The Bertz CT molecular complexity index is 286. The molecule has 0 aromatic carbocycles. The van der Waals surface area contributed by atoms with Crippen LogP contribution >= 0.6 is 35.3 Å². The molecule has 74 valence electrons. The number of nitrogens with two attached hydrogens (primary N) is 1. The maximum absolute atomic E-state index is 5.63. The maximum atomic E-state index is 5.63. The maximum Gasteiger partial charge on any atom is 0.188 e. The van der Waals surface area contributed by atoms with Gasteiger partial charge in [-0.1, -0.05) is 11.6 Å². The summed E-state index contributed by atoms with van der Waals surface area (Å²) in [6, 6.07) is 0. The fourth-order valence-corrected chi connectivity index (χ4v) is 1.54. The molecule has 13 heavy (non-hydrogen) atoms. The molecule has 1 aromatic heterocycles. The first-order valence-corrected chi connectivity index (χ1v) is 4.48. The summed E-state index contributed by atoms with van der Waals surface area (Å²) in [5, 5.41) is 2.90. The highest BCUT2D eigenvalue weighted by Crippen LogP contribution is 2.16. The molecule has 0 amide bonds. The van der Waals surface area contributed by atoms with Crippen molar-refractivity contribution in [2.75, 3.05) is 7.05 Å². The third kappa shape index (κ3) is 4.31. The number of guanidine groups is 1. The minimum Gasteiger partial charge on any atom is -0.370 e. The van der Waals surface area contributed by atoms with Crippen molar-refractivity contribution in [2.24, 2.45) is 10.7 Å². The van der Waals surface area contributed by atoms with Gasteiger partial charge < -0.3 is 11.1 Å². The Morgan fingerprint density at radius 2 is 2.54 bits per heavy atom. The Morgan fingerprint density at radius 3 is 3.00 bits per heavy atom. The van der Waals surface area contributed by atoms with Crippen LogP contribution in [0.1, 0.15) is 4.88 Å². The summed E-state index contributed by atoms with van der Waals surface area (Å²) in [4.78, 5) is 8.66. The van der Waals surface area contributed by atoms with E-state index in [4.69, 9.17) is 17.3 Å². The first kappa shape index (κ1) is 12.5. The average Bonchev–Trinajstić information content (AvgIpc) is 2.47. The topological polar surface area (TPSA) is 63.3 Å². The van der Waals surface area contributed by atoms with E-state index < -0.39 is 0 Å². The van der Waals surface area contributed by atoms with E-state index in [-0.39, 0.29) is 12.4 Å². The molecule has 1 heterocycles. The normalized spacial score (nSPS) is 10.8. The zero-order chi connectivity index (χ0) is 8.97. The third-order valence-electron chi connectivity index (χ3n) is 1.21. The van der Waals surface area contributed by atoms with E-state index in [0.29, 0.717) is 17.0 Å². The average molecular weight is 241 g/mol. The number of halogens is 2. The van der Waals surface area contributed by atoms with Crippen molar-refractivity contribution in [3.63, 3.8) is 0 Å². The van der Waals surface area contributed by atoms with Crippen molar-refractivity contribution in [3.05, 3.63) is 15.5 Å². The van der Waals surface area contributed by atoms with E-state index in [9.17, 15) is 0 Å². The number of aliphatic imine (C=N–C) groups is 1. The fraction of sp³-hybridized carbons (Fsp3) is 0.333. The lowest BCUT2D eigenvalue weighted by Gasteiger charge is -2.00. The fourth-order valence-electron chi connectivity index (χ4n) is 0.622. The number of hydrogen-bond acceptors (Lipinski definition) is 3. The van der Waals surface area contributed by atoms with Crippen LogP contribution in [0.5, 0.6) is 0 Å². The van der Waals surface area contributed by atoms with Crippen molar-refractivity contribution >= 4 is 41.3 Å². The van der Waals surface area contributed by atoms with E-state index in [2.05, 4.69) is 15.3 Å². The molecule has 0 atom stereocenters. The van der Waals surface area contributed by atoms with Gasteiger partial charge in [0, 0.05) is 18.1 Å². The van der Waals surface area contributed by atoms with Crippen LogP contribution in [0.25, 0.3) is 0 Å². The van der Waals surface area contributed by atoms with Gasteiger partial charge in [0.05, 0.1) is 6.54 Å². The van der Waals surface area contributed by atoms with Crippen molar-refractivity contribution in [2.45, 2.75) is 6.54 Å². The van der Waals surface area contributed by atoms with Crippen LogP contribution in [0.4, 0.5) is 0 Å². The number of hydrogen-bond donors (Lipinski definition) is 2. The lowest BCUT2D eigenvalue weighted by atomic mass is 10.5. The molecule has 4 nitrogen and oxygen atoms in total. The number of nitrogens with one attached hydrogen (secondary N) is 1. The highest BCUT2D eigenvalue weighted by atomic mass is 35.5. The van der Waals surface area contributed by atoms with Gasteiger partial charge in [-0.3, -0.25) is 4.99 Å². The van der Waals surface area contributed by atoms with Gasteiger partial charge in [0.15, 0.2) is 10.4 Å². The Hall–Kier alpha value is -0.520. The van der Waals surface area contributed by atoms with E-state index in [1.54, 1.807) is 13.2 Å². The Labute approximate surface area is 91.6 Å². The highest BCUT2D eigenvalue weighted by molar-refractivity contribution is 7.15. The summed E-state index contributed by atoms with van der Waals surface area (Å²) >= 11 is 7.05. The molecule has 0 aliphatic carbocycles. The quantitative estimate of drug-likeness (QED) is 0.605. The molecule has 7 heteroatoms. The van der Waals surface area contributed by atoms with E-state index in [0.717, 1.165) is 4.88 Å². The van der Waals surface area contributed by atoms with Gasteiger partial charge in [0.2, 0.25) is 0 Å². The standard InChI is InChI=1S/C6H9ClN4S.ClH/c1-9-6(8)11-3-4-2-10-5(7)12-4;/h2H,3H2,1H3,(H3,8,9,11);1H. The van der Waals surface area contributed by atoms with Crippen LogP contribution in [0.3, 0.4) is 0 Å². The second kappa shape index (κ2) is 6.01. The summed E-state index contributed by atoms with van der Waals surface area (Å²) < 4.78 is 0.541. The monoisotopic (exact) mass is 240 g/mol. The summed E-state index contributed by atoms with van der Waals surface area (Å²) in [6.07, 6.45) is 1.71. The Kier molecular flexibility index (Phi) is 5.77. The van der Waals surface area contributed by atoms with Crippen molar-refractivity contribution in [1.82, 2.24) is 10.3 Å². The molecule has 0 aliphatic rings. The minimum absolute atomic E-state index is 0. The number of aromatic nitrogens is 1. The summed E-state index contributed by atoms with van der Waals surface area (Å²) in [7, 11) is 1.63. The van der Waals surface area contributed by atoms with Crippen LogP contribution in [-0.4, -0.2) is 18.0 Å². The van der Waals surface area contributed by atoms with Crippen molar-refractivity contribution in [1.29, 1.82) is 0 Å². The van der Waals surface area contributed by atoms with Gasteiger partial charge in [-0.05, 0) is 0 Å². The zero-order valence-corrected chi connectivity index (χ0v) is 9.34. The van der Waals surface area contributed by atoms with Gasteiger partial charge in [0.1, 0.15) is 0 Å². The number of nitrogens with zero attached hydrogens (tertiary/aromatic N) is 2. The largest absolute Gasteiger partial charge is 0.370 e. The molecule has 0 fully saturated rings. The van der Waals surface area contributed by atoms with Gasteiger partial charge in [-0.15, -0.1) is 23.7 Å². The van der Waals surface area contributed by atoms with Crippen LogP contribution in [0, 0.1) is 0 Å². The van der Waals surface area contributed by atoms with Gasteiger partial charge >= 0.3 is 0 Å². The smallest absolute Gasteiger partial charge is 0.188 e. The minimum atomic E-state index is 0. The lowest BCUT2D eigenvalue weighted by Crippen LogP contribution is -2.30. The molecule has 0 radical (unpaired) electrons. The van der Waals surface area contributed by atoms with Crippen LogP contribution in [0.2, 0.25) is 4.47 Å². The summed E-state index contributed by atoms with van der Waals surface area (Å²) in [6.45, 7) is 0.619. The molecule has 3 N–H and O–H groups in total. The lowest BCUT2D eigenvalue weighted by molar-refractivity contribution is 0.915. The molecule has 0 spiro atoms. The van der Waals surface area contributed by atoms with Crippen LogP contribution in [0.15, 0.2) is 11.2 Å². The van der Waals surface area contributed by atoms with E-state index in [1.807, 2.05) is 0 Å². The van der Waals surface area contributed by atoms with Gasteiger partial charge in [0.25, 0.3) is 0 Å². The van der Waals surface area contributed by atoms with Crippen LogP contribution < -0.4 is 11.1 Å². The molecule has 0 saturated carbocycles. The van der Waals surface area contributed by atoms with Gasteiger partial charge in [-0.25, -0.2) is 4.98 Å². The number of thiazole rings is 1. The predicted octanol–water partition coefficient (Wildman–Crippen LogP) is 1.25. The van der Waals surface area contributed by atoms with Crippen molar-refractivity contribution in [3.8, 4) is 0 Å². The molecule has 1 aromatic rings. The Balaban J connectivity index is 0.00000144. The Morgan fingerprint density at radius 1 is 1.85 bits per heavy atom. The van der Waals surface area contributed by atoms with Crippen LogP contribution in [-0.2, 0) is 6.54 Å². The number of rotatable bonds is 2. The SMILES string of the molecule is CN=C(N)NCc1cnc(Cl)s1.Cl. The molecule has 0 bridgehead atoms. The molecule has 0 saturated heterocycles. The zero-order valence-electron chi connectivity index (χ0n) is 6.95. The molecule has 0 unspecified atom stereocenters. The second-order valence-electron chi connectivity index (χ2n) is 2.04. The summed E-state index contributed by atoms with van der Waals surface area (Å²) in [5.74, 6) is 0.416. The molecular formula is C6H10Cl2N4S. The van der Waals surface area contributed by atoms with Gasteiger partial charge in [-0.2, -0.15) is 0 Å². The predicted molar refractivity (Wildman–Crippen MR) is 58.8 cm³/mol. The summed E-state index contributed by atoms with van der Waals surface area (Å²) in [5.41, 5.74) is 5.42. The molecular weight excluding hydrogens is 231 g/mol. The van der Waals surface area contributed by atoms with E-state index in [1.165, 1.54) is 11.3 Å². The highest BCUT2D eigenvalue weighted by Gasteiger charge is 1.98. The third-order valence-corrected chi connectivity index (χ3v) is 2.32. The molecule has 1 rings (SSSR count). The molecule has 0 aliphatic heterocycles. The first-order chi connectivity index (χ1) is 5.72. The first-order valence-electron chi connectivity index (χ1n) is 3.28. The van der Waals surface area contributed by atoms with Crippen molar-refractivity contribution < 1.29 is 0 Å². The second-order valence-corrected chi connectivity index (χ2v) is 3.74.